The van der Waals surface area contributed by atoms with Crippen molar-refractivity contribution >= 4 is 26.0 Å². The lowest BCUT2D eigenvalue weighted by Crippen LogP contribution is -2.24. The van der Waals surface area contributed by atoms with Crippen molar-refractivity contribution in [1.29, 1.82) is 0 Å². The van der Waals surface area contributed by atoms with Crippen LogP contribution in [0.5, 0.6) is 0 Å². The highest BCUT2D eigenvalue weighted by molar-refractivity contribution is 9.11. The molecule has 1 rings (SSSR count). The quantitative estimate of drug-likeness (QED) is 0.802. The Morgan fingerprint density at radius 2 is 1.94 bits per heavy atom. The molecule has 4 nitrogen and oxygen atoms in total. The molecule has 0 saturated carbocycles. The summed E-state index contributed by atoms with van der Waals surface area (Å²) in [6, 6.07) is 6.82. The summed E-state index contributed by atoms with van der Waals surface area (Å²) >= 11 is 3.11. The van der Waals surface area contributed by atoms with Crippen molar-refractivity contribution in [2.45, 2.75) is 18.4 Å². The number of sulfonamides is 1. The topological polar surface area (TPSA) is 58.2 Å². The zero-order chi connectivity index (χ0) is 13.6. The minimum atomic E-state index is -3.45. The lowest BCUT2D eigenvalue weighted by molar-refractivity contribution is 0.585. The van der Waals surface area contributed by atoms with Crippen LogP contribution in [0.2, 0.25) is 0 Å². The number of hydrogen-bond donors (Lipinski definition) is 2. The molecule has 100 valence electrons. The summed E-state index contributed by atoms with van der Waals surface area (Å²) in [4.78, 5) is 0.261. The van der Waals surface area contributed by atoms with E-state index >= 15 is 0 Å². The summed E-state index contributed by atoms with van der Waals surface area (Å²) in [6.45, 7) is 7.41. The Morgan fingerprint density at radius 1 is 1.33 bits per heavy atom. The van der Waals surface area contributed by atoms with Crippen LogP contribution in [0.4, 0.5) is 0 Å². The maximum Gasteiger partial charge on any atom is 0.240 e. The Morgan fingerprint density at radius 3 is 2.44 bits per heavy atom. The maximum absolute atomic E-state index is 11.9. The monoisotopic (exact) mass is 332 g/mol. The van der Waals surface area contributed by atoms with Gasteiger partial charge in [-0.25, -0.2) is 13.1 Å². The number of halogens is 1. The summed E-state index contributed by atoms with van der Waals surface area (Å²) in [5.41, 5.74) is 1.06. The highest BCUT2D eigenvalue weighted by Gasteiger charge is 2.12. The van der Waals surface area contributed by atoms with Gasteiger partial charge in [0.2, 0.25) is 10.0 Å². The van der Waals surface area contributed by atoms with E-state index in [-0.39, 0.29) is 11.4 Å². The standard InChI is InChI=1S/C12H17BrN2O2S/c1-3-14-9-11-4-6-12(7-5-11)18(16,17)15-8-10(2)13/h4-7,14-15H,2-3,8-9H2,1H3. The largest absolute Gasteiger partial charge is 0.313 e. The smallest absolute Gasteiger partial charge is 0.240 e. The highest BCUT2D eigenvalue weighted by atomic mass is 79.9. The Labute approximate surface area is 117 Å². The molecule has 0 heterocycles. The maximum atomic E-state index is 11.9. The molecule has 0 bridgehead atoms. The zero-order valence-electron chi connectivity index (χ0n) is 10.2. The summed E-state index contributed by atoms with van der Waals surface area (Å²) in [5.74, 6) is 0. The van der Waals surface area contributed by atoms with E-state index in [0.717, 1.165) is 18.7 Å². The lowest BCUT2D eigenvalue weighted by atomic mass is 10.2. The molecule has 0 atom stereocenters. The molecular weight excluding hydrogens is 316 g/mol. The van der Waals surface area contributed by atoms with Crippen LogP contribution in [0.3, 0.4) is 0 Å². The molecule has 0 aromatic heterocycles. The van der Waals surface area contributed by atoms with E-state index in [1.165, 1.54) is 0 Å². The van der Waals surface area contributed by atoms with Crippen molar-refractivity contribution in [2.24, 2.45) is 0 Å². The van der Waals surface area contributed by atoms with Crippen LogP contribution >= 0.6 is 15.9 Å². The van der Waals surface area contributed by atoms with Gasteiger partial charge in [0.05, 0.1) is 4.90 Å². The second kappa shape index (κ2) is 7.04. The lowest BCUT2D eigenvalue weighted by Gasteiger charge is -2.07. The Balaban J connectivity index is 2.74. The van der Waals surface area contributed by atoms with Gasteiger partial charge in [-0.15, -0.1) is 0 Å². The van der Waals surface area contributed by atoms with Crippen LogP contribution in [0.25, 0.3) is 0 Å². The first-order chi connectivity index (χ1) is 8.45. The normalized spacial score (nSPS) is 11.4. The predicted octanol–water partition coefficient (Wildman–Crippen LogP) is 1.98. The molecule has 0 fully saturated rings. The Hall–Kier alpha value is -0.690. The van der Waals surface area contributed by atoms with Gasteiger partial charge >= 0.3 is 0 Å². The molecule has 18 heavy (non-hydrogen) atoms. The molecule has 2 N–H and O–H groups in total. The second-order valence-electron chi connectivity index (χ2n) is 3.77. The minimum Gasteiger partial charge on any atom is -0.313 e. The molecule has 0 saturated heterocycles. The molecule has 0 radical (unpaired) electrons. The van der Waals surface area contributed by atoms with Crippen molar-refractivity contribution < 1.29 is 8.42 Å². The molecular formula is C12H17BrN2O2S. The van der Waals surface area contributed by atoms with Crippen LogP contribution in [-0.2, 0) is 16.6 Å². The van der Waals surface area contributed by atoms with E-state index < -0.39 is 10.0 Å². The fraction of sp³-hybridized carbons (Fsp3) is 0.333. The van der Waals surface area contributed by atoms with Crippen LogP contribution in [0.15, 0.2) is 40.2 Å². The van der Waals surface area contributed by atoms with Crippen molar-refractivity contribution in [1.82, 2.24) is 10.0 Å². The Bertz CT molecular complexity index is 497. The van der Waals surface area contributed by atoms with Crippen molar-refractivity contribution in [3.63, 3.8) is 0 Å². The molecule has 0 aliphatic rings. The van der Waals surface area contributed by atoms with Gasteiger partial charge in [0, 0.05) is 17.6 Å². The zero-order valence-corrected chi connectivity index (χ0v) is 12.6. The first-order valence-electron chi connectivity index (χ1n) is 5.58. The first-order valence-corrected chi connectivity index (χ1v) is 7.86. The van der Waals surface area contributed by atoms with Gasteiger partial charge in [-0.05, 0) is 24.2 Å². The number of nitrogens with one attached hydrogen (secondary N) is 2. The summed E-state index contributed by atoms with van der Waals surface area (Å²) in [7, 11) is -3.45. The van der Waals surface area contributed by atoms with E-state index in [9.17, 15) is 8.42 Å². The van der Waals surface area contributed by atoms with E-state index in [4.69, 9.17) is 0 Å². The number of hydrogen-bond acceptors (Lipinski definition) is 3. The third-order valence-corrected chi connectivity index (χ3v) is 3.96. The van der Waals surface area contributed by atoms with Crippen molar-refractivity contribution in [2.75, 3.05) is 13.1 Å². The molecule has 0 spiro atoms. The van der Waals surface area contributed by atoms with Gasteiger partial charge in [-0.3, -0.25) is 0 Å². The fourth-order valence-corrected chi connectivity index (χ4v) is 2.66. The van der Waals surface area contributed by atoms with Crippen molar-refractivity contribution in [3.8, 4) is 0 Å². The van der Waals surface area contributed by atoms with Crippen LogP contribution in [0, 0.1) is 0 Å². The fourth-order valence-electron chi connectivity index (χ4n) is 1.31. The molecule has 1 aromatic carbocycles. The summed E-state index contributed by atoms with van der Waals surface area (Å²) in [5, 5.41) is 3.18. The van der Waals surface area contributed by atoms with Crippen molar-refractivity contribution in [3.05, 3.63) is 40.9 Å². The average molecular weight is 333 g/mol. The highest BCUT2D eigenvalue weighted by Crippen LogP contribution is 2.11. The SMILES string of the molecule is C=C(Br)CNS(=O)(=O)c1ccc(CNCC)cc1. The van der Waals surface area contributed by atoms with E-state index in [0.29, 0.717) is 4.48 Å². The van der Waals surface area contributed by atoms with Gasteiger partial charge in [-0.2, -0.15) is 0 Å². The predicted molar refractivity (Wildman–Crippen MR) is 77.1 cm³/mol. The van der Waals surface area contributed by atoms with Gasteiger partial charge in [0.1, 0.15) is 0 Å². The number of rotatable bonds is 7. The van der Waals surface area contributed by atoms with Gasteiger partial charge < -0.3 is 5.32 Å². The van der Waals surface area contributed by atoms with E-state index in [2.05, 4.69) is 32.5 Å². The number of benzene rings is 1. The molecule has 6 heteroatoms. The van der Waals surface area contributed by atoms with E-state index in [1.807, 2.05) is 6.92 Å². The Kier molecular flexibility index (Phi) is 6.01. The van der Waals surface area contributed by atoms with Crippen LogP contribution in [-0.4, -0.2) is 21.5 Å². The van der Waals surface area contributed by atoms with Crippen LogP contribution in [0.1, 0.15) is 12.5 Å². The van der Waals surface area contributed by atoms with E-state index in [1.54, 1.807) is 24.3 Å². The molecule has 0 amide bonds. The second-order valence-corrected chi connectivity index (χ2v) is 6.65. The summed E-state index contributed by atoms with van der Waals surface area (Å²) in [6.07, 6.45) is 0. The van der Waals surface area contributed by atoms with Gasteiger partial charge in [0.15, 0.2) is 0 Å². The third-order valence-electron chi connectivity index (χ3n) is 2.27. The minimum absolute atomic E-state index is 0.182. The molecule has 0 unspecified atom stereocenters. The van der Waals surface area contributed by atoms with Gasteiger partial charge in [0.25, 0.3) is 0 Å². The summed E-state index contributed by atoms with van der Waals surface area (Å²) < 4.78 is 26.8. The third kappa shape index (κ3) is 4.89. The molecule has 0 aliphatic heterocycles. The average Bonchev–Trinajstić information content (AvgIpc) is 2.34. The molecule has 0 aliphatic carbocycles. The molecule has 1 aromatic rings. The van der Waals surface area contributed by atoms with Gasteiger partial charge in [-0.1, -0.05) is 41.6 Å². The first kappa shape index (κ1) is 15.4. The van der Waals surface area contributed by atoms with Crippen LogP contribution < -0.4 is 10.0 Å².